The Morgan fingerprint density at radius 1 is 1.00 bits per heavy atom. The first-order chi connectivity index (χ1) is 15.0. The molecular weight excluding hydrogens is 521 g/mol. The Morgan fingerprint density at radius 3 is 2.58 bits per heavy atom. The van der Waals surface area contributed by atoms with E-state index in [1.807, 2.05) is 61.5 Å². The third-order valence-corrected chi connectivity index (χ3v) is 6.21. The maximum atomic E-state index is 13.5. The van der Waals surface area contributed by atoms with Crippen molar-refractivity contribution in [2.45, 2.75) is 6.92 Å². The molecule has 5 rings (SSSR count). The van der Waals surface area contributed by atoms with E-state index in [4.69, 9.17) is 16.6 Å². The van der Waals surface area contributed by atoms with Crippen LogP contribution in [0.2, 0.25) is 5.02 Å². The molecule has 31 heavy (non-hydrogen) atoms. The first kappa shape index (κ1) is 20.0. The fraction of sp³-hybridized carbons (Fsp3) is 0.0400. The van der Waals surface area contributed by atoms with Crippen molar-refractivity contribution in [2.75, 3.05) is 0 Å². The van der Waals surface area contributed by atoms with Gasteiger partial charge in [-0.1, -0.05) is 29.8 Å². The molecule has 152 valence electrons. The summed E-state index contributed by atoms with van der Waals surface area (Å²) in [5.74, 6) is 0.561. The summed E-state index contributed by atoms with van der Waals surface area (Å²) in [6, 6.07) is 21.1. The Labute approximate surface area is 197 Å². The maximum absolute atomic E-state index is 13.5. The molecule has 0 spiro atoms. The van der Waals surface area contributed by atoms with Gasteiger partial charge in [0.15, 0.2) is 0 Å². The van der Waals surface area contributed by atoms with Crippen molar-refractivity contribution >= 4 is 68.1 Å². The molecule has 5 aromatic rings. The molecule has 0 saturated carbocycles. The molecule has 0 aliphatic carbocycles. The maximum Gasteiger partial charge on any atom is 0.266 e. The van der Waals surface area contributed by atoms with Crippen molar-refractivity contribution in [3.05, 3.63) is 103 Å². The fourth-order valence-electron chi connectivity index (χ4n) is 3.80. The number of benzene rings is 3. The SMILES string of the molecule is Cc1[nH]c2ccccc2c1/C=C/c1nc2ccc(I)cc2c(=O)n1-c1ccc(Cl)cc1. The molecule has 0 amide bonds. The zero-order chi connectivity index (χ0) is 21.5. The molecule has 1 N–H and O–H groups in total. The molecule has 0 aliphatic heterocycles. The molecule has 4 nitrogen and oxygen atoms in total. The van der Waals surface area contributed by atoms with E-state index in [2.05, 4.69) is 39.7 Å². The molecule has 0 radical (unpaired) electrons. The summed E-state index contributed by atoms with van der Waals surface area (Å²) in [5, 5.41) is 2.33. The molecule has 3 aromatic carbocycles. The average Bonchev–Trinajstić information content (AvgIpc) is 3.09. The molecule has 0 atom stereocenters. The minimum atomic E-state index is -0.110. The Kier molecular flexibility index (Phi) is 5.16. The summed E-state index contributed by atoms with van der Waals surface area (Å²) in [7, 11) is 0. The predicted octanol–water partition coefficient (Wildman–Crippen LogP) is 6.60. The molecule has 0 unspecified atom stereocenters. The van der Waals surface area contributed by atoms with Gasteiger partial charge < -0.3 is 4.98 Å². The first-order valence-corrected chi connectivity index (χ1v) is 11.2. The van der Waals surface area contributed by atoms with Gasteiger partial charge in [0.1, 0.15) is 5.82 Å². The predicted molar refractivity (Wildman–Crippen MR) is 137 cm³/mol. The van der Waals surface area contributed by atoms with Gasteiger partial charge in [0, 0.05) is 30.8 Å². The highest BCUT2D eigenvalue weighted by Gasteiger charge is 2.12. The van der Waals surface area contributed by atoms with Crippen molar-refractivity contribution in [1.29, 1.82) is 0 Å². The minimum absolute atomic E-state index is 0.110. The van der Waals surface area contributed by atoms with Crippen LogP contribution in [0.1, 0.15) is 17.1 Å². The highest BCUT2D eigenvalue weighted by Crippen LogP contribution is 2.25. The van der Waals surface area contributed by atoms with Crippen LogP contribution in [-0.2, 0) is 0 Å². The van der Waals surface area contributed by atoms with Crippen LogP contribution in [0.5, 0.6) is 0 Å². The minimum Gasteiger partial charge on any atom is -0.358 e. The van der Waals surface area contributed by atoms with Crippen LogP contribution in [-0.4, -0.2) is 14.5 Å². The summed E-state index contributed by atoms with van der Waals surface area (Å²) >= 11 is 8.28. The average molecular weight is 538 g/mol. The van der Waals surface area contributed by atoms with E-state index < -0.39 is 0 Å². The number of para-hydroxylation sites is 1. The number of nitrogens with one attached hydrogen (secondary N) is 1. The summed E-state index contributed by atoms with van der Waals surface area (Å²) in [5.41, 5.74) is 4.50. The van der Waals surface area contributed by atoms with E-state index in [9.17, 15) is 4.79 Å². The fourth-order valence-corrected chi connectivity index (χ4v) is 4.41. The van der Waals surface area contributed by atoms with Crippen LogP contribution in [0.25, 0.3) is 39.6 Å². The Morgan fingerprint density at radius 2 is 1.77 bits per heavy atom. The second-order valence-electron chi connectivity index (χ2n) is 7.29. The van der Waals surface area contributed by atoms with Crippen molar-refractivity contribution in [2.24, 2.45) is 0 Å². The Bertz CT molecular complexity index is 1530. The van der Waals surface area contributed by atoms with E-state index in [1.54, 1.807) is 16.7 Å². The molecule has 2 aromatic heterocycles. The lowest BCUT2D eigenvalue weighted by Crippen LogP contribution is -2.22. The Balaban J connectivity index is 1.75. The second-order valence-corrected chi connectivity index (χ2v) is 8.97. The molecule has 0 fully saturated rings. The number of rotatable bonds is 3. The standard InChI is InChI=1S/C25H17ClIN3O/c1-15-19(20-4-2-3-5-22(20)28-15)11-13-24-29-23-12-8-17(27)14-21(23)25(31)30(24)18-9-6-16(26)7-10-18/h2-14,28H,1H3/b13-11+. The summed E-state index contributed by atoms with van der Waals surface area (Å²) < 4.78 is 2.62. The highest BCUT2D eigenvalue weighted by atomic mass is 127. The number of halogens is 2. The number of aromatic amines is 1. The molecular formula is C25H17ClIN3O. The van der Waals surface area contributed by atoms with E-state index in [0.29, 0.717) is 21.7 Å². The molecule has 0 aliphatic rings. The number of fused-ring (bicyclic) bond motifs is 2. The van der Waals surface area contributed by atoms with Crippen LogP contribution in [0, 0.1) is 10.5 Å². The normalized spacial score (nSPS) is 11.7. The second kappa shape index (κ2) is 7.98. The van der Waals surface area contributed by atoms with Gasteiger partial charge in [-0.3, -0.25) is 9.36 Å². The van der Waals surface area contributed by atoms with Gasteiger partial charge in [0.2, 0.25) is 0 Å². The number of aromatic nitrogens is 3. The smallest absolute Gasteiger partial charge is 0.266 e. The van der Waals surface area contributed by atoms with Crippen LogP contribution >= 0.6 is 34.2 Å². The number of nitrogens with zero attached hydrogens (tertiary/aromatic N) is 2. The van der Waals surface area contributed by atoms with E-state index in [0.717, 1.165) is 31.4 Å². The third-order valence-electron chi connectivity index (χ3n) is 5.28. The summed E-state index contributed by atoms with van der Waals surface area (Å²) in [4.78, 5) is 21.7. The van der Waals surface area contributed by atoms with Crippen LogP contribution in [0.4, 0.5) is 0 Å². The van der Waals surface area contributed by atoms with Gasteiger partial charge in [-0.15, -0.1) is 0 Å². The van der Waals surface area contributed by atoms with E-state index >= 15 is 0 Å². The van der Waals surface area contributed by atoms with Crippen molar-refractivity contribution in [3.63, 3.8) is 0 Å². The number of hydrogen-bond donors (Lipinski definition) is 1. The molecule has 2 heterocycles. The number of hydrogen-bond acceptors (Lipinski definition) is 2. The van der Waals surface area contributed by atoms with Gasteiger partial charge in [-0.05, 0) is 90.2 Å². The van der Waals surface area contributed by atoms with Gasteiger partial charge in [0.25, 0.3) is 5.56 Å². The third kappa shape index (κ3) is 3.68. The number of aryl methyl sites for hydroxylation is 1. The van der Waals surface area contributed by atoms with Crippen molar-refractivity contribution in [3.8, 4) is 5.69 Å². The van der Waals surface area contributed by atoms with Crippen molar-refractivity contribution in [1.82, 2.24) is 14.5 Å². The van der Waals surface area contributed by atoms with Gasteiger partial charge >= 0.3 is 0 Å². The molecule has 0 saturated heterocycles. The lowest BCUT2D eigenvalue weighted by atomic mass is 10.1. The van der Waals surface area contributed by atoms with Gasteiger partial charge in [-0.25, -0.2) is 4.98 Å². The Hall–Kier alpha value is -2.90. The largest absolute Gasteiger partial charge is 0.358 e. The lowest BCUT2D eigenvalue weighted by molar-refractivity contribution is 0.944. The highest BCUT2D eigenvalue weighted by molar-refractivity contribution is 14.1. The van der Waals surface area contributed by atoms with Crippen LogP contribution in [0.3, 0.4) is 0 Å². The molecule has 0 bridgehead atoms. The quantitative estimate of drug-likeness (QED) is 0.264. The lowest BCUT2D eigenvalue weighted by Gasteiger charge is -2.12. The first-order valence-electron chi connectivity index (χ1n) is 9.75. The zero-order valence-electron chi connectivity index (χ0n) is 16.6. The molecule has 6 heteroatoms. The van der Waals surface area contributed by atoms with E-state index in [1.165, 1.54) is 0 Å². The van der Waals surface area contributed by atoms with E-state index in [-0.39, 0.29) is 5.56 Å². The topological polar surface area (TPSA) is 50.7 Å². The van der Waals surface area contributed by atoms with Crippen molar-refractivity contribution < 1.29 is 0 Å². The van der Waals surface area contributed by atoms with Crippen LogP contribution in [0.15, 0.2) is 71.5 Å². The zero-order valence-corrected chi connectivity index (χ0v) is 19.5. The van der Waals surface area contributed by atoms with Gasteiger partial charge in [0.05, 0.1) is 16.6 Å². The summed E-state index contributed by atoms with van der Waals surface area (Å²) in [6.07, 6.45) is 3.91. The number of H-pyrrole nitrogens is 1. The van der Waals surface area contributed by atoms with Gasteiger partial charge in [-0.2, -0.15) is 0 Å². The monoisotopic (exact) mass is 537 g/mol. The van der Waals surface area contributed by atoms with Crippen LogP contribution < -0.4 is 5.56 Å². The summed E-state index contributed by atoms with van der Waals surface area (Å²) in [6.45, 7) is 2.04.